The van der Waals surface area contributed by atoms with Crippen LogP contribution in [0.5, 0.6) is 0 Å². The van der Waals surface area contributed by atoms with Crippen LogP contribution in [-0.4, -0.2) is 78.7 Å². The number of anilines is 1. The maximum absolute atomic E-state index is 13.2. The van der Waals surface area contributed by atoms with E-state index < -0.39 is 5.54 Å². The Morgan fingerprint density at radius 2 is 1.76 bits per heavy atom. The van der Waals surface area contributed by atoms with Gasteiger partial charge in [0.2, 0.25) is 11.3 Å². The summed E-state index contributed by atoms with van der Waals surface area (Å²) < 4.78 is 9.34. The summed E-state index contributed by atoms with van der Waals surface area (Å²) in [5, 5.41) is 3.10. The van der Waals surface area contributed by atoms with Crippen molar-refractivity contribution < 1.29 is 14.0 Å². The Kier molecular flexibility index (Phi) is 15.2. The lowest BCUT2D eigenvalue weighted by Gasteiger charge is -2.32. The predicted molar refractivity (Wildman–Crippen MR) is 279 cm³/mol. The number of likely N-dealkylation sites (N-methyl/N-ethyl adjacent to an activating group) is 1. The Morgan fingerprint density at radius 3 is 2.44 bits per heavy atom. The van der Waals surface area contributed by atoms with E-state index in [1.807, 2.05) is 40.3 Å². The van der Waals surface area contributed by atoms with E-state index >= 15 is 0 Å². The van der Waals surface area contributed by atoms with Crippen LogP contribution in [0.2, 0.25) is 0 Å². The number of rotatable bonds is 16. The van der Waals surface area contributed by atoms with Crippen molar-refractivity contribution in [3.63, 3.8) is 0 Å². The number of hydrogen-bond acceptors (Lipinski definition) is 8. The molecule has 2 aliphatic heterocycles. The van der Waals surface area contributed by atoms with Crippen LogP contribution < -0.4 is 21.0 Å². The van der Waals surface area contributed by atoms with Gasteiger partial charge in [0.25, 0.3) is 5.91 Å². The molecular formula is C57H69N6O4S. The molecule has 5 heterocycles. The van der Waals surface area contributed by atoms with Gasteiger partial charge in [-0.1, -0.05) is 81.7 Å². The average molecular weight is 934 g/mol. The molecule has 3 aromatic rings. The molecule has 2 fully saturated rings. The Labute approximate surface area is 407 Å². The summed E-state index contributed by atoms with van der Waals surface area (Å²) in [6, 6.07) is 4.00. The fourth-order valence-electron chi connectivity index (χ4n) is 10.5. The van der Waals surface area contributed by atoms with Crippen LogP contribution in [0.15, 0.2) is 108 Å². The van der Waals surface area contributed by atoms with Crippen LogP contribution in [0.3, 0.4) is 0 Å². The lowest BCUT2D eigenvalue weighted by Crippen LogP contribution is -2.37. The van der Waals surface area contributed by atoms with E-state index in [1.54, 1.807) is 29.0 Å². The molecule has 2 unspecified atom stereocenters. The van der Waals surface area contributed by atoms with Gasteiger partial charge in [-0.05, 0) is 117 Å². The first-order chi connectivity index (χ1) is 32.8. The third-order valence-corrected chi connectivity index (χ3v) is 15.4. The number of carbonyl (C=O) groups excluding carboxylic acids is 2. The molecule has 10 nitrogen and oxygen atoms in total. The summed E-state index contributed by atoms with van der Waals surface area (Å²) in [7, 11) is 7.25. The van der Waals surface area contributed by atoms with Gasteiger partial charge in [-0.3, -0.25) is 24.4 Å². The Hall–Kier alpha value is -5.73. The molecule has 0 spiro atoms. The second-order valence-corrected chi connectivity index (χ2v) is 20.9. The topological polar surface area (TPSA) is 104 Å². The zero-order valence-corrected chi connectivity index (χ0v) is 41.9. The van der Waals surface area contributed by atoms with Gasteiger partial charge in [-0.25, -0.2) is 0 Å². The molecule has 11 heteroatoms. The number of hydrogen-bond donors (Lipinski definition) is 0. The van der Waals surface area contributed by atoms with Crippen molar-refractivity contribution in [2.75, 3.05) is 46.2 Å². The zero-order valence-electron chi connectivity index (χ0n) is 41.1. The minimum atomic E-state index is -0.422. The summed E-state index contributed by atoms with van der Waals surface area (Å²) in [5.41, 5.74) is 9.08. The van der Waals surface area contributed by atoms with Crippen LogP contribution in [0.25, 0.3) is 16.4 Å². The van der Waals surface area contributed by atoms with E-state index in [0.717, 1.165) is 103 Å². The maximum atomic E-state index is 13.2. The smallest absolute Gasteiger partial charge is 0.270 e. The molecule has 7 aliphatic rings. The van der Waals surface area contributed by atoms with Crippen molar-refractivity contribution in [1.29, 1.82) is 0 Å². The normalized spacial score (nSPS) is 21.7. The second kappa shape index (κ2) is 21.3. The molecule has 10 rings (SSSR count). The van der Waals surface area contributed by atoms with Crippen molar-refractivity contribution in [1.82, 2.24) is 14.4 Å². The third-order valence-electron chi connectivity index (χ3n) is 14.4. The number of aromatic nitrogens is 1. The molecule has 2 bridgehead atoms. The fraction of sp³-hybridized carbons (Fsp3) is 0.474. The van der Waals surface area contributed by atoms with Crippen LogP contribution in [0.4, 0.5) is 5.88 Å². The molecule has 68 heavy (non-hydrogen) atoms. The molecule has 0 N–H and O–H groups in total. The summed E-state index contributed by atoms with van der Waals surface area (Å²) in [6.07, 6.45) is 38.7. The van der Waals surface area contributed by atoms with Gasteiger partial charge >= 0.3 is 0 Å². The molecule has 5 aliphatic carbocycles. The Morgan fingerprint density at radius 1 is 1.04 bits per heavy atom. The van der Waals surface area contributed by atoms with E-state index in [9.17, 15) is 14.4 Å². The Balaban J connectivity index is 0.000000214. The van der Waals surface area contributed by atoms with Crippen LogP contribution in [0.1, 0.15) is 126 Å². The monoisotopic (exact) mass is 934 g/mol. The van der Waals surface area contributed by atoms with Gasteiger partial charge in [0, 0.05) is 88.8 Å². The van der Waals surface area contributed by atoms with Gasteiger partial charge in [0.15, 0.2) is 11.5 Å². The third kappa shape index (κ3) is 11.1. The SMILES string of the molecule is C#CC(C)=N/C=C1/C=C(C(=O)N(C)C)C(CCC2CCCC2)CC1=C.CCCN(CCC1=C[CH]1)c1cc(=O)c2scc(C/C=C/C34C=C(C=c5cc(C(=O)N(C)C)n(C6CCCC6)c5=N3)C4)c2o1. The molecule has 2 atom stereocenters. The Bertz CT molecular complexity index is 2860. The fourth-order valence-corrected chi connectivity index (χ4v) is 11.4. The highest BCUT2D eigenvalue weighted by molar-refractivity contribution is 7.17. The molecule has 0 aromatic carbocycles. The number of carbonyl (C=O) groups is 2. The molecule has 0 saturated heterocycles. The van der Waals surface area contributed by atoms with Crippen molar-refractivity contribution in [2.45, 2.75) is 122 Å². The minimum Gasteiger partial charge on any atom is -0.439 e. The number of fused-ring (bicyclic) bond motifs is 1. The predicted octanol–water partition coefficient (Wildman–Crippen LogP) is 10.0. The highest BCUT2D eigenvalue weighted by atomic mass is 32.1. The van der Waals surface area contributed by atoms with Crippen molar-refractivity contribution >= 4 is 51.1 Å². The van der Waals surface area contributed by atoms with E-state index in [2.05, 4.69) is 76.1 Å². The van der Waals surface area contributed by atoms with Crippen LogP contribution in [0, 0.1) is 30.6 Å². The van der Waals surface area contributed by atoms with Crippen molar-refractivity contribution in [2.24, 2.45) is 21.8 Å². The molecule has 1 radical (unpaired) electrons. The minimum absolute atomic E-state index is 0.0255. The second-order valence-electron chi connectivity index (χ2n) is 20.1. The number of amides is 2. The number of nitrogens with zero attached hydrogens (tertiary/aromatic N) is 6. The molecule has 2 amide bonds. The van der Waals surface area contributed by atoms with E-state index in [-0.39, 0.29) is 23.2 Å². The van der Waals surface area contributed by atoms with Gasteiger partial charge in [0.1, 0.15) is 21.4 Å². The lowest BCUT2D eigenvalue weighted by molar-refractivity contribution is -0.125. The highest BCUT2D eigenvalue weighted by Crippen LogP contribution is 2.40. The summed E-state index contributed by atoms with van der Waals surface area (Å²) >= 11 is 1.46. The lowest BCUT2D eigenvalue weighted by atomic mass is 9.78. The van der Waals surface area contributed by atoms with Gasteiger partial charge in [0.05, 0.1) is 5.71 Å². The first-order valence-corrected chi connectivity index (χ1v) is 25.7. The maximum Gasteiger partial charge on any atom is 0.270 e. The van der Waals surface area contributed by atoms with Crippen molar-refractivity contribution in [3.05, 3.63) is 127 Å². The summed E-state index contributed by atoms with van der Waals surface area (Å²) in [6.45, 7) is 9.84. The van der Waals surface area contributed by atoms with Crippen molar-refractivity contribution in [3.8, 4) is 12.3 Å². The number of allylic oxidation sites excluding steroid dienone is 5. The van der Waals surface area contributed by atoms with Crippen LogP contribution in [-0.2, 0) is 11.2 Å². The molecule has 357 valence electrons. The largest absolute Gasteiger partial charge is 0.439 e. The van der Waals surface area contributed by atoms with Crippen LogP contribution >= 0.6 is 11.3 Å². The highest BCUT2D eigenvalue weighted by Gasteiger charge is 2.37. The first kappa shape index (κ1) is 48.7. The van der Waals surface area contributed by atoms with Gasteiger partial charge in [-0.2, -0.15) is 0 Å². The van der Waals surface area contributed by atoms with E-state index in [1.165, 1.54) is 67.4 Å². The first-order valence-electron chi connectivity index (χ1n) is 24.9. The van der Waals surface area contributed by atoms with Gasteiger partial charge in [-0.15, -0.1) is 17.8 Å². The number of aliphatic imine (C=N–C) groups is 1. The zero-order chi connectivity index (χ0) is 48.1. The molecular weight excluding hydrogens is 865 g/mol. The summed E-state index contributed by atoms with van der Waals surface area (Å²) in [5.74, 6) is 4.39. The molecule has 2 saturated carbocycles. The quantitative estimate of drug-likeness (QED) is 0.0809. The van der Waals surface area contributed by atoms with E-state index in [0.29, 0.717) is 34.3 Å². The van der Waals surface area contributed by atoms with Gasteiger partial charge < -0.3 is 23.7 Å². The average Bonchev–Trinajstić information content (AvgIpc) is 3.63. The standard InChI is InChI=1S/C35H39N4O3S.C22H30N2O/c1-4-15-38(16-13-23-11-12-23)30-19-29(40)32-31(42-30)25(22-43-32)8-7-14-35-20-24(21-35)17-26-18-28(34(41)37(2)3)39(33(26)36-35)27-9-5-6-10-27;1-6-17(3)23-15-20-14-21(22(25)24(4)5)19(13-16(20)2)12-11-18-9-7-8-10-18/h7,11-12,14,17-20,22,27H,4-6,8-10,13,15-16,21H2,1-3H3;1,14-15,18-19H,2,7-13H2,3-5H3/b14-7+;20-15-,23-17?. The summed E-state index contributed by atoms with van der Waals surface area (Å²) in [4.78, 5) is 54.1. The number of thiophene rings is 1. The molecule has 3 aromatic heterocycles. The van der Waals surface area contributed by atoms with E-state index in [4.69, 9.17) is 15.8 Å². The number of terminal acetylenes is 1.